The van der Waals surface area contributed by atoms with Crippen molar-refractivity contribution in [3.63, 3.8) is 0 Å². The Morgan fingerprint density at radius 1 is 1.06 bits per heavy atom. The molecule has 86 valence electrons. The molecule has 0 radical (unpaired) electrons. The molecule has 0 spiro atoms. The van der Waals surface area contributed by atoms with E-state index in [0.29, 0.717) is 0 Å². The smallest absolute Gasteiger partial charge is 0.157 e. The number of hydrogen-bond acceptors (Lipinski definition) is 2. The molecule has 2 aromatic rings. The van der Waals surface area contributed by atoms with E-state index in [-0.39, 0.29) is 6.61 Å². The van der Waals surface area contributed by atoms with Crippen LogP contribution in [0.3, 0.4) is 0 Å². The van der Waals surface area contributed by atoms with Crippen LogP contribution in [0.2, 0.25) is 0 Å². The summed E-state index contributed by atoms with van der Waals surface area (Å²) in [4.78, 5) is 10.2. The molecule has 2 rings (SSSR count). The van der Waals surface area contributed by atoms with Crippen LogP contribution in [0.4, 0.5) is 0 Å². The molecule has 0 atom stereocenters. The topological polar surface area (TPSA) is 26.3 Å². The van der Waals surface area contributed by atoms with Gasteiger partial charge in [0.25, 0.3) is 0 Å². The summed E-state index contributed by atoms with van der Waals surface area (Å²) in [6.45, 7) is 2.19. The third-order valence-corrected chi connectivity index (χ3v) is 2.63. The third kappa shape index (κ3) is 2.72. The molecule has 0 bridgehead atoms. The Morgan fingerprint density at radius 2 is 1.76 bits per heavy atom. The molecule has 0 unspecified atom stereocenters. The van der Waals surface area contributed by atoms with Crippen molar-refractivity contribution >= 4 is 6.29 Å². The van der Waals surface area contributed by atoms with Crippen molar-refractivity contribution in [2.45, 2.75) is 6.92 Å². The molecule has 0 saturated carbocycles. The lowest BCUT2D eigenvalue weighted by molar-refractivity contribution is -0.109. The molecule has 0 amide bonds. The van der Waals surface area contributed by atoms with Crippen molar-refractivity contribution in [3.8, 4) is 16.9 Å². The quantitative estimate of drug-likeness (QED) is 0.748. The standard InChI is InChI=1S/C15H14O2/c1-12-4-2-3-5-15(12)13-6-8-14(9-7-13)17-11-10-16/h2-10H,11H2,1H3. The number of carbonyl (C=O) groups is 1. The van der Waals surface area contributed by atoms with Crippen molar-refractivity contribution in [1.82, 2.24) is 0 Å². The summed E-state index contributed by atoms with van der Waals surface area (Å²) >= 11 is 0. The Morgan fingerprint density at radius 3 is 2.41 bits per heavy atom. The maximum Gasteiger partial charge on any atom is 0.157 e. The Bertz CT molecular complexity index is 501. The molecule has 0 saturated heterocycles. The zero-order chi connectivity index (χ0) is 12.1. The van der Waals surface area contributed by atoms with E-state index >= 15 is 0 Å². The first-order chi connectivity index (χ1) is 8.31. The maximum atomic E-state index is 10.2. The van der Waals surface area contributed by atoms with E-state index in [1.807, 2.05) is 36.4 Å². The van der Waals surface area contributed by atoms with Crippen molar-refractivity contribution in [1.29, 1.82) is 0 Å². The second-order valence-corrected chi connectivity index (χ2v) is 3.82. The highest BCUT2D eigenvalue weighted by Crippen LogP contribution is 2.25. The summed E-state index contributed by atoms with van der Waals surface area (Å²) in [6.07, 6.45) is 0.745. The number of carbonyl (C=O) groups excluding carboxylic acids is 1. The Balaban J connectivity index is 2.23. The summed E-state index contributed by atoms with van der Waals surface area (Å²) in [7, 11) is 0. The molecule has 2 nitrogen and oxygen atoms in total. The normalized spacial score (nSPS) is 9.94. The molecule has 2 aromatic carbocycles. The number of ether oxygens (including phenoxy) is 1. The molecule has 0 aromatic heterocycles. The Hall–Kier alpha value is -2.09. The van der Waals surface area contributed by atoms with Crippen molar-refractivity contribution in [3.05, 3.63) is 54.1 Å². The molecule has 0 aliphatic heterocycles. The lowest BCUT2D eigenvalue weighted by atomic mass is 10.0. The average Bonchev–Trinajstić information content (AvgIpc) is 2.38. The van der Waals surface area contributed by atoms with Gasteiger partial charge in [-0.05, 0) is 35.7 Å². The van der Waals surface area contributed by atoms with Gasteiger partial charge in [0.15, 0.2) is 6.29 Å². The number of aldehydes is 1. The molecule has 0 aliphatic carbocycles. The van der Waals surface area contributed by atoms with Gasteiger partial charge >= 0.3 is 0 Å². The highest BCUT2D eigenvalue weighted by Gasteiger charge is 2.01. The van der Waals surface area contributed by atoms with E-state index in [1.165, 1.54) is 11.1 Å². The SMILES string of the molecule is Cc1ccccc1-c1ccc(OCC=O)cc1. The van der Waals surface area contributed by atoms with Gasteiger partial charge in [-0.15, -0.1) is 0 Å². The number of aryl methyl sites for hydroxylation is 1. The van der Waals surface area contributed by atoms with Crippen LogP contribution in [0.1, 0.15) is 5.56 Å². The highest BCUT2D eigenvalue weighted by atomic mass is 16.5. The minimum absolute atomic E-state index is 0.101. The predicted octanol–water partition coefficient (Wildman–Crippen LogP) is 3.24. The van der Waals surface area contributed by atoms with Crippen LogP contribution in [0.25, 0.3) is 11.1 Å². The average molecular weight is 226 g/mol. The van der Waals surface area contributed by atoms with Crippen LogP contribution >= 0.6 is 0 Å². The summed E-state index contributed by atoms with van der Waals surface area (Å²) in [6, 6.07) is 16.0. The van der Waals surface area contributed by atoms with E-state index in [9.17, 15) is 4.79 Å². The number of hydrogen-bond donors (Lipinski definition) is 0. The first-order valence-electron chi connectivity index (χ1n) is 5.54. The predicted molar refractivity (Wildman–Crippen MR) is 68.2 cm³/mol. The summed E-state index contributed by atoms with van der Waals surface area (Å²) in [5, 5.41) is 0. The molecule has 0 fully saturated rings. The largest absolute Gasteiger partial charge is 0.486 e. The zero-order valence-corrected chi connectivity index (χ0v) is 9.72. The van der Waals surface area contributed by atoms with Gasteiger partial charge in [-0.3, -0.25) is 4.79 Å². The monoisotopic (exact) mass is 226 g/mol. The second kappa shape index (κ2) is 5.30. The first-order valence-corrected chi connectivity index (χ1v) is 5.54. The van der Waals surface area contributed by atoms with E-state index in [2.05, 4.69) is 19.1 Å². The van der Waals surface area contributed by atoms with Gasteiger partial charge in [0.2, 0.25) is 0 Å². The highest BCUT2D eigenvalue weighted by molar-refractivity contribution is 5.67. The molecule has 2 heteroatoms. The third-order valence-electron chi connectivity index (χ3n) is 2.63. The fourth-order valence-electron chi connectivity index (χ4n) is 1.76. The second-order valence-electron chi connectivity index (χ2n) is 3.82. The molecular weight excluding hydrogens is 212 g/mol. The van der Waals surface area contributed by atoms with Crippen molar-refractivity contribution in [2.24, 2.45) is 0 Å². The van der Waals surface area contributed by atoms with Crippen LogP contribution in [-0.2, 0) is 4.79 Å². The van der Waals surface area contributed by atoms with E-state index in [1.54, 1.807) is 0 Å². The lowest BCUT2D eigenvalue weighted by Crippen LogP contribution is -1.97. The Labute approximate surface area is 101 Å². The molecule has 0 aliphatic rings. The van der Waals surface area contributed by atoms with E-state index in [0.717, 1.165) is 17.6 Å². The molecule has 0 N–H and O–H groups in total. The zero-order valence-electron chi connectivity index (χ0n) is 9.72. The maximum absolute atomic E-state index is 10.2. The molecular formula is C15H14O2. The van der Waals surface area contributed by atoms with Gasteiger partial charge in [0.1, 0.15) is 12.4 Å². The number of rotatable bonds is 4. The summed E-state index contributed by atoms with van der Waals surface area (Å²) in [5.41, 5.74) is 3.62. The Kier molecular flexibility index (Phi) is 3.55. The minimum Gasteiger partial charge on any atom is -0.486 e. The summed E-state index contributed by atoms with van der Waals surface area (Å²) < 4.78 is 5.21. The van der Waals surface area contributed by atoms with Crippen LogP contribution < -0.4 is 4.74 Å². The fourth-order valence-corrected chi connectivity index (χ4v) is 1.76. The van der Waals surface area contributed by atoms with Crippen molar-refractivity contribution < 1.29 is 9.53 Å². The van der Waals surface area contributed by atoms with Gasteiger partial charge in [-0.25, -0.2) is 0 Å². The van der Waals surface area contributed by atoms with E-state index in [4.69, 9.17) is 4.74 Å². The van der Waals surface area contributed by atoms with Crippen LogP contribution in [0, 0.1) is 6.92 Å². The van der Waals surface area contributed by atoms with E-state index < -0.39 is 0 Å². The van der Waals surface area contributed by atoms with Gasteiger partial charge in [0.05, 0.1) is 0 Å². The van der Waals surface area contributed by atoms with Gasteiger partial charge in [0, 0.05) is 0 Å². The minimum atomic E-state index is 0.101. The van der Waals surface area contributed by atoms with Gasteiger partial charge in [-0.1, -0.05) is 36.4 Å². The van der Waals surface area contributed by atoms with Crippen molar-refractivity contribution in [2.75, 3.05) is 6.61 Å². The van der Waals surface area contributed by atoms with Crippen LogP contribution in [-0.4, -0.2) is 12.9 Å². The van der Waals surface area contributed by atoms with Crippen LogP contribution in [0.15, 0.2) is 48.5 Å². The van der Waals surface area contributed by atoms with Gasteiger partial charge < -0.3 is 4.74 Å². The molecule has 0 heterocycles. The van der Waals surface area contributed by atoms with Gasteiger partial charge in [-0.2, -0.15) is 0 Å². The first kappa shape index (κ1) is 11.4. The lowest BCUT2D eigenvalue weighted by Gasteiger charge is -2.07. The fraction of sp³-hybridized carbons (Fsp3) is 0.133. The van der Waals surface area contributed by atoms with Crippen LogP contribution in [0.5, 0.6) is 5.75 Å². The molecule has 17 heavy (non-hydrogen) atoms. The summed E-state index contributed by atoms with van der Waals surface area (Å²) in [5.74, 6) is 0.717. The number of benzene rings is 2.